The Morgan fingerprint density at radius 2 is 1.76 bits per heavy atom. The van der Waals surface area contributed by atoms with Crippen LogP contribution in [-0.4, -0.2) is 33.3 Å². The van der Waals surface area contributed by atoms with Crippen molar-refractivity contribution in [3.05, 3.63) is 82.6 Å². The Morgan fingerprint density at radius 1 is 1.07 bits per heavy atom. The third-order valence-electron chi connectivity index (χ3n) is 5.12. The van der Waals surface area contributed by atoms with Crippen molar-refractivity contribution in [3.63, 3.8) is 0 Å². The molecule has 8 heteroatoms. The maximum atomic E-state index is 13.4. The summed E-state index contributed by atoms with van der Waals surface area (Å²) in [5.41, 5.74) is 3.35. The van der Waals surface area contributed by atoms with Crippen LogP contribution < -0.4 is 0 Å². The summed E-state index contributed by atoms with van der Waals surface area (Å²) < 4.78 is 29.7. The number of rotatable bonds is 3. The fourth-order valence-electron chi connectivity index (χ4n) is 3.48. The lowest BCUT2D eigenvalue weighted by atomic mass is 10.0. The molecule has 1 aliphatic heterocycles. The van der Waals surface area contributed by atoms with Gasteiger partial charge in [0.2, 0.25) is 5.78 Å². The highest BCUT2D eigenvalue weighted by Gasteiger charge is 2.39. The van der Waals surface area contributed by atoms with Gasteiger partial charge in [0.25, 0.3) is 10.0 Å². The van der Waals surface area contributed by atoms with E-state index in [0.29, 0.717) is 0 Å². The molecule has 148 valence electrons. The number of carbonyl (C=O) groups excluding carboxylic acids is 1. The fourth-order valence-corrected chi connectivity index (χ4v) is 5.12. The van der Waals surface area contributed by atoms with E-state index in [9.17, 15) is 13.2 Å². The number of hydrogen-bond donors (Lipinski definition) is 0. The summed E-state index contributed by atoms with van der Waals surface area (Å²) in [6.07, 6.45) is 4.83. The van der Waals surface area contributed by atoms with Gasteiger partial charge in [0.15, 0.2) is 0 Å². The smallest absolute Gasteiger partial charge is 0.265 e. The van der Waals surface area contributed by atoms with Crippen molar-refractivity contribution in [1.82, 2.24) is 19.1 Å². The Balaban J connectivity index is 1.95. The lowest BCUT2D eigenvalue weighted by Gasteiger charge is -2.31. The normalized spacial score (nSPS) is 16.9. The Labute approximate surface area is 169 Å². The number of ketones is 1. The van der Waals surface area contributed by atoms with Crippen LogP contribution in [0.25, 0.3) is 6.08 Å². The van der Waals surface area contributed by atoms with Gasteiger partial charge in [0.1, 0.15) is 5.70 Å². The SMILES string of the molecule is Cc1nn(C)c(C)c1/C=C1/C(=O)c2ccccc2S(=O)(=O)N1Cc1ccncc1. The molecule has 0 radical (unpaired) electrons. The Morgan fingerprint density at radius 3 is 2.41 bits per heavy atom. The zero-order valence-corrected chi connectivity index (χ0v) is 17.1. The predicted molar refractivity (Wildman–Crippen MR) is 108 cm³/mol. The van der Waals surface area contributed by atoms with Gasteiger partial charge in [-0.3, -0.25) is 18.8 Å². The lowest BCUT2D eigenvalue weighted by Crippen LogP contribution is -2.38. The van der Waals surface area contributed by atoms with Gasteiger partial charge in [0, 0.05) is 36.3 Å². The fraction of sp³-hybridized carbons (Fsp3) is 0.190. The van der Waals surface area contributed by atoms with E-state index < -0.39 is 10.0 Å². The zero-order valence-electron chi connectivity index (χ0n) is 16.3. The number of hydrogen-bond acceptors (Lipinski definition) is 5. The molecule has 2 aromatic heterocycles. The molecular weight excluding hydrogens is 388 g/mol. The van der Waals surface area contributed by atoms with Crippen LogP contribution in [0.2, 0.25) is 0 Å². The number of pyridine rings is 1. The van der Waals surface area contributed by atoms with Crippen molar-refractivity contribution in [1.29, 1.82) is 0 Å². The molecule has 0 aliphatic carbocycles. The van der Waals surface area contributed by atoms with Crippen LogP contribution in [0.3, 0.4) is 0 Å². The average molecular weight is 408 g/mol. The number of aromatic nitrogens is 3. The first-order valence-corrected chi connectivity index (χ1v) is 10.5. The number of carbonyl (C=O) groups is 1. The van der Waals surface area contributed by atoms with Crippen molar-refractivity contribution in [2.45, 2.75) is 25.3 Å². The molecule has 0 saturated carbocycles. The maximum absolute atomic E-state index is 13.4. The Hall–Kier alpha value is -3.26. The summed E-state index contributed by atoms with van der Waals surface area (Å²) in [6, 6.07) is 9.79. The minimum atomic E-state index is -3.91. The second-order valence-corrected chi connectivity index (χ2v) is 8.76. The summed E-state index contributed by atoms with van der Waals surface area (Å²) in [5.74, 6) is -0.327. The first-order valence-electron chi connectivity index (χ1n) is 9.08. The van der Waals surface area contributed by atoms with Crippen molar-refractivity contribution in [2.24, 2.45) is 7.05 Å². The van der Waals surface area contributed by atoms with Gasteiger partial charge in [-0.25, -0.2) is 8.42 Å². The number of benzene rings is 1. The van der Waals surface area contributed by atoms with Gasteiger partial charge in [-0.2, -0.15) is 5.10 Å². The van der Waals surface area contributed by atoms with Gasteiger partial charge < -0.3 is 0 Å². The largest absolute Gasteiger partial charge is 0.287 e. The van der Waals surface area contributed by atoms with Gasteiger partial charge in [-0.05, 0) is 49.8 Å². The molecule has 3 heterocycles. The molecule has 0 N–H and O–H groups in total. The molecule has 29 heavy (non-hydrogen) atoms. The van der Waals surface area contributed by atoms with E-state index in [1.165, 1.54) is 10.4 Å². The van der Waals surface area contributed by atoms with Crippen molar-refractivity contribution < 1.29 is 13.2 Å². The van der Waals surface area contributed by atoms with Crippen LogP contribution in [0, 0.1) is 13.8 Å². The highest BCUT2D eigenvalue weighted by atomic mass is 32.2. The molecule has 3 aromatic rings. The molecule has 0 atom stereocenters. The quantitative estimate of drug-likeness (QED) is 0.622. The Bertz CT molecular complexity index is 1240. The van der Waals surface area contributed by atoms with E-state index in [1.54, 1.807) is 53.5 Å². The third-order valence-corrected chi connectivity index (χ3v) is 6.94. The minimum Gasteiger partial charge on any atom is -0.287 e. The summed E-state index contributed by atoms with van der Waals surface area (Å²) in [5, 5.41) is 4.38. The second kappa shape index (κ2) is 6.97. The predicted octanol–water partition coefficient (Wildman–Crippen LogP) is 2.86. The zero-order chi connectivity index (χ0) is 20.8. The van der Waals surface area contributed by atoms with Crippen LogP contribution in [0.4, 0.5) is 0 Å². The van der Waals surface area contributed by atoms with Gasteiger partial charge >= 0.3 is 0 Å². The summed E-state index contributed by atoms with van der Waals surface area (Å²) >= 11 is 0. The standard InChI is InChI=1S/C21H20N4O3S/c1-14-18(15(2)24(3)23-14)12-19-21(26)17-6-4-5-7-20(17)29(27,28)25(19)13-16-8-10-22-11-9-16/h4-12H,13H2,1-3H3/b19-12-. The summed E-state index contributed by atoms with van der Waals surface area (Å²) in [7, 11) is -2.09. The monoisotopic (exact) mass is 408 g/mol. The van der Waals surface area contributed by atoms with Crippen LogP contribution in [0.5, 0.6) is 0 Å². The highest BCUT2D eigenvalue weighted by Crippen LogP contribution is 2.35. The first-order chi connectivity index (χ1) is 13.8. The molecular formula is C21H20N4O3S. The van der Waals surface area contributed by atoms with E-state index in [0.717, 1.165) is 22.5 Å². The van der Waals surface area contributed by atoms with E-state index in [1.807, 2.05) is 20.9 Å². The van der Waals surface area contributed by atoms with Crippen LogP contribution in [0.1, 0.15) is 32.9 Å². The van der Waals surface area contributed by atoms with Gasteiger partial charge in [-0.15, -0.1) is 0 Å². The highest BCUT2D eigenvalue weighted by molar-refractivity contribution is 7.89. The second-order valence-electron chi connectivity index (χ2n) is 6.93. The molecule has 0 unspecified atom stereocenters. The van der Waals surface area contributed by atoms with E-state index in [4.69, 9.17) is 0 Å². The van der Waals surface area contributed by atoms with Gasteiger partial charge in [-0.1, -0.05) is 12.1 Å². The first kappa shape index (κ1) is 19.1. The number of sulfonamides is 1. The topological polar surface area (TPSA) is 85.2 Å². The van der Waals surface area contributed by atoms with Crippen molar-refractivity contribution in [2.75, 3.05) is 0 Å². The molecule has 0 bridgehead atoms. The van der Waals surface area contributed by atoms with Crippen LogP contribution >= 0.6 is 0 Å². The molecule has 1 aromatic carbocycles. The molecule has 1 aliphatic rings. The number of allylic oxidation sites excluding steroid dienone is 1. The summed E-state index contributed by atoms with van der Waals surface area (Å²) in [6.45, 7) is 3.76. The van der Waals surface area contributed by atoms with E-state index in [-0.39, 0.29) is 28.5 Å². The Kier molecular flexibility index (Phi) is 4.58. The van der Waals surface area contributed by atoms with E-state index in [2.05, 4.69) is 10.1 Å². The van der Waals surface area contributed by atoms with Gasteiger partial charge in [0.05, 0.1) is 17.1 Å². The van der Waals surface area contributed by atoms with Crippen LogP contribution in [0.15, 0.2) is 59.4 Å². The molecule has 7 nitrogen and oxygen atoms in total. The van der Waals surface area contributed by atoms with Crippen molar-refractivity contribution in [3.8, 4) is 0 Å². The average Bonchev–Trinajstić information content (AvgIpc) is 2.95. The number of Topliss-reactive ketones (excluding diaryl/α,β-unsaturated/α-hetero) is 1. The maximum Gasteiger partial charge on any atom is 0.265 e. The molecule has 0 fully saturated rings. The molecule has 0 amide bonds. The van der Waals surface area contributed by atoms with E-state index >= 15 is 0 Å². The van der Waals surface area contributed by atoms with Crippen LogP contribution in [-0.2, 0) is 23.6 Å². The minimum absolute atomic E-state index is 0.0239. The van der Waals surface area contributed by atoms with Crippen molar-refractivity contribution >= 4 is 21.9 Å². The lowest BCUT2D eigenvalue weighted by molar-refractivity contribution is 0.100. The molecule has 0 saturated heterocycles. The number of nitrogens with zero attached hydrogens (tertiary/aromatic N) is 4. The number of aryl methyl sites for hydroxylation is 2. The number of fused-ring (bicyclic) bond motifs is 1. The summed E-state index contributed by atoms with van der Waals surface area (Å²) in [4.78, 5) is 17.3. The molecule has 4 rings (SSSR count). The third kappa shape index (κ3) is 3.15. The molecule has 0 spiro atoms.